The van der Waals surface area contributed by atoms with Gasteiger partial charge in [0.15, 0.2) is 0 Å². The highest BCUT2D eigenvalue weighted by Gasteiger charge is 2.27. The summed E-state index contributed by atoms with van der Waals surface area (Å²) in [7, 11) is 0. The molecule has 0 saturated carbocycles. The Balaban J connectivity index is 2.40. The Morgan fingerprint density at radius 3 is 3.00 bits per heavy atom. The lowest BCUT2D eigenvalue weighted by Crippen LogP contribution is -2.40. The topological polar surface area (TPSA) is 41.5 Å². The van der Waals surface area contributed by atoms with Gasteiger partial charge in [-0.1, -0.05) is 12.1 Å². The average molecular weight is 193 g/mol. The monoisotopic (exact) mass is 193 g/mol. The fourth-order valence-corrected chi connectivity index (χ4v) is 1.63. The number of nitrogens with one attached hydrogen (secondary N) is 1. The van der Waals surface area contributed by atoms with Crippen molar-refractivity contribution in [3.8, 4) is 5.75 Å². The summed E-state index contributed by atoms with van der Waals surface area (Å²) in [5.41, 5.74) is 1.63. The molecule has 1 aliphatic rings. The number of rotatable bonds is 1. The zero-order valence-corrected chi connectivity index (χ0v) is 8.50. The van der Waals surface area contributed by atoms with E-state index in [0.717, 1.165) is 23.5 Å². The van der Waals surface area contributed by atoms with Gasteiger partial charge in [0.25, 0.3) is 0 Å². The van der Waals surface area contributed by atoms with Crippen LogP contribution >= 0.6 is 0 Å². The third kappa shape index (κ3) is 1.55. The molecule has 14 heavy (non-hydrogen) atoms. The van der Waals surface area contributed by atoms with Crippen molar-refractivity contribution in [2.75, 3.05) is 11.9 Å². The molecule has 1 aromatic carbocycles. The first kappa shape index (κ1) is 9.34. The molecule has 3 heteroatoms. The van der Waals surface area contributed by atoms with E-state index in [0.29, 0.717) is 0 Å². The van der Waals surface area contributed by atoms with Crippen LogP contribution in [0.25, 0.3) is 0 Å². The molecule has 1 aliphatic heterocycles. The molecule has 0 radical (unpaired) electrons. The normalized spacial score (nSPS) is 17.9. The lowest BCUT2D eigenvalue weighted by Gasteiger charge is -2.34. The Morgan fingerprint density at radius 1 is 1.50 bits per heavy atom. The van der Waals surface area contributed by atoms with E-state index in [2.05, 4.69) is 5.32 Å². The first-order valence-corrected chi connectivity index (χ1v) is 4.78. The van der Waals surface area contributed by atoms with Gasteiger partial charge < -0.3 is 15.2 Å². The minimum atomic E-state index is -0.179. The van der Waals surface area contributed by atoms with Crippen molar-refractivity contribution in [1.29, 1.82) is 0 Å². The number of aliphatic hydroxyl groups is 1. The maximum Gasteiger partial charge on any atom is 0.143 e. The Hall–Kier alpha value is -1.22. The maximum absolute atomic E-state index is 9.13. The smallest absolute Gasteiger partial charge is 0.143 e. The van der Waals surface area contributed by atoms with Crippen LogP contribution in [0.2, 0.25) is 0 Å². The van der Waals surface area contributed by atoms with Crippen LogP contribution in [-0.4, -0.2) is 17.3 Å². The summed E-state index contributed by atoms with van der Waals surface area (Å²) < 4.78 is 5.79. The quantitative estimate of drug-likeness (QED) is 0.714. The molecule has 2 N–H and O–H groups in total. The summed E-state index contributed by atoms with van der Waals surface area (Å²) in [4.78, 5) is 0. The molecular weight excluding hydrogens is 178 g/mol. The molecule has 0 amide bonds. The van der Waals surface area contributed by atoms with Gasteiger partial charge in [0.1, 0.15) is 11.4 Å². The predicted octanol–water partition coefficient (Wildman–Crippen LogP) is 1.76. The van der Waals surface area contributed by atoms with Gasteiger partial charge in [0.2, 0.25) is 0 Å². The summed E-state index contributed by atoms with van der Waals surface area (Å²) in [6.07, 6.45) is 0. The van der Waals surface area contributed by atoms with Gasteiger partial charge in [-0.25, -0.2) is 0 Å². The van der Waals surface area contributed by atoms with Crippen molar-refractivity contribution in [1.82, 2.24) is 0 Å². The van der Waals surface area contributed by atoms with E-state index in [1.54, 1.807) is 0 Å². The number of para-hydroxylation sites is 1. The largest absolute Gasteiger partial charge is 0.484 e. The second kappa shape index (κ2) is 3.17. The zero-order chi connectivity index (χ0) is 10.2. The van der Waals surface area contributed by atoms with Crippen LogP contribution in [0.5, 0.6) is 5.75 Å². The number of ether oxygens (including phenoxy) is 1. The summed E-state index contributed by atoms with van der Waals surface area (Å²) in [6, 6.07) is 5.71. The van der Waals surface area contributed by atoms with Gasteiger partial charge in [0.05, 0.1) is 18.8 Å². The summed E-state index contributed by atoms with van der Waals surface area (Å²) >= 11 is 0. The maximum atomic E-state index is 9.13. The Morgan fingerprint density at radius 2 is 2.29 bits per heavy atom. The van der Waals surface area contributed by atoms with Crippen LogP contribution in [-0.2, 0) is 6.61 Å². The SMILES string of the molecule is CC1(C)CNc2c(CO)cccc2O1. The highest BCUT2D eigenvalue weighted by molar-refractivity contribution is 5.63. The molecule has 1 aromatic rings. The van der Waals surface area contributed by atoms with Crippen LogP contribution in [0.1, 0.15) is 19.4 Å². The molecular formula is C11H15NO2. The van der Waals surface area contributed by atoms with Crippen LogP contribution in [0.4, 0.5) is 5.69 Å². The predicted molar refractivity (Wildman–Crippen MR) is 55.6 cm³/mol. The number of aliphatic hydroxyl groups excluding tert-OH is 1. The first-order valence-electron chi connectivity index (χ1n) is 4.78. The van der Waals surface area contributed by atoms with Gasteiger partial charge in [0, 0.05) is 5.56 Å². The second-order valence-electron chi connectivity index (χ2n) is 4.16. The molecule has 0 bridgehead atoms. The third-order valence-corrected chi connectivity index (χ3v) is 2.36. The van der Waals surface area contributed by atoms with E-state index in [4.69, 9.17) is 9.84 Å². The standard InChI is InChI=1S/C11H15NO2/c1-11(2)7-12-10-8(6-13)4-3-5-9(10)14-11/h3-5,12-13H,6-7H2,1-2H3. The van der Waals surface area contributed by atoms with Crippen LogP contribution in [0, 0.1) is 0 Å². The fourth-order valence-electron chi connectivity index (χ4n) is 1.63. The molecule has 0 aliphatic carbocycles. The number of anilines is 1. The lowest BCUT2D eigenvalue weighted by atomic mass is 10.1. The van der Waals surface area contributed by atoms with E-state index in [9.17, 15) is 0 Å². The number of hydrogen-bond donors (Lipinski definition) is 2. The number of hydrogen-bond acceptors (Lipinski definition) is 3. The minimum Gasteiger partial charge on any atom is -0.484 e. The van der Waals surface area contributed by atoms with E-state index in [1.807, 2.05) is 32.0 Å². The zero-order valence-electron chi connectivity index (χ0n) is 8.50. The van der Waals surface area contributed by atoms with Crippen molar-refractivity contribution in [3.05, 3.63) is 23.8 Å². The van der Waals surface area contributed by atoms with Gasteiger partial charge in [-0.05, 0) is 19.9 Å². The summed E-state index contributed by atoms with van der Waals surface area (Å²) in [5.74, 6) is 0.827. The second-order valence-corrected chi connectivity index (χ2v) is 4.16. The summed E-state index contributed by atoms with van der Waals surface area (Å²) in [5, 5.41) is 12.4. The Labute approximate surface area is 83.7 Å². The van der Waals surface area contributed by atoms with Gasteiger partial charge in [-0.3, -0.25) is 0 Å². The molecule has 0 fully saturated rings. The Bertz CT molecular complexity index is 347. The summed E-state index contributed by atoms with van der Waals surface area (Å²) in [6.45, 7) is 4.88. The molecule has 3 nitrogen and oxygen atoms in total. The van der Waals surface area contributed by atoms with Gasteiger partial charge in [-0.15, -0.1) is 0 Å². The van der Waals surface area contributed by atoms with Crippen LogP contribution in [0.15, 0.2) is 18.2 Å². The highest BCUT2D eigenvalue weighted by Crippen LogP contribution is 2.35. The van der Waals surface area contributed by atoms with E-state index in [-0.39, 0.29) is 12.2 Å². The molecule has 76 valence electrons. The van der Waals surface area contributed by atoms with E-state index in [1.165, 1.54) is 0 Å². The molecule has 0 spiro atoms. The molecule has 1 heterocycles. The average Bonchev–Trinajstić information content (AvgIpc) is 2.15. The highest BCUT2D eigenvalue weighted by atomic mass is 16.5. The Kier molecular flexibility index (Phi) is 2.11. The van der Waals surface area contributed by atoms with Crippen molar-refractivity contribution in [2.24, 2.45) is 0 Å². The first-order chi connectivity index (χ1) is 6.62. The van der Waals surface area contributed by atoms with E-state index < -0.39 is 0 Å². The van der Waals surface area contributed by atoms with E-state index >= 15 is 0 Å². The molecule has 0 saturated heterocycles. The molecule has 0 aromatic heterocycles. The van der Waals surface area contributed by atoms with Crippen molar-refractivity contribution >= 4 is 5.69 Å². The number of fused-ring (bicyclic) bond motifs is 1. The van der Waals surface area contributed by atoms with Gasteiger partial charge >= 0.3 is 0 Å². The fraction of sp³-hybridized carbons (Fsp3) is 0.455. The lowest BCUT2D eigenvalue weighted by molar-refractivity contribution is 0.115. The number of benzene rings is 1. The van der Waals surface area contributed by atoms with Crippen molar-refractivity contribution < 1.29 is 9.84 Å². The molecule has 2 rings (SSSR count). The third-order valence-electron chi connectivity index (χ3n) is 2.36. The van der Waals surface area contributed by atoms with Gasteiger partial charge in [-0.2, -0.15) is 0 Å². The molecule has 0 atom stereocenters. The minimum absolute atomic E-state index is 0.0416. The van der Waals surface area contributed by atoms with Crippen molar-refractivity contribution in [2.45, 2.75) is 26.1 Å². The molecule has 0 unspecified atom stereocenters. The van der Waals surface area contributed by atoms with Crippen LogP contribution < -0.4 is 10.1 Å². The van der Waals surface area contributed by atoms with Crippen LogP contribution in [0.3, 0.4) is 0 Å². The van der Waals surface area contributed by atoms with Crippen molar-refractivity contribution in [3.63, 3.8) is 0 Å².